The van der Waals surface area contributed by atoms with Crippen LogP contribution in [0.25, 0.3) is 11.1 Å². The predicted molar refractivity (Wildman–Crippen MR) is 139 cm³/mol. The van der Waals surface area contributed by atoms with Crippen molar-refractivity contribution in [2.24, 2.45) is 17.6 Å². The van der Waals surface area contributed by atoms with Crippen molar-refractivity contribution in [1.29, 1.82) is 0 Å². The fourth-order valence-corrected chi connectivity index (χ4v) is 4.65. The Balaban J connectivity index is 1.44. The van der Waals surface area contributed by atoms with Crippen LogP contribution in [0.2, 0.25) is 0 Å². The second-order valence-electron chi connectivity index (χ2n) is 9.32. The van der Waals surface area contributed by atoms with Gasteiger partial charge >= 0.3 is 5.69 Å². The maximum Gasteiger partial charge on any atom is 0.329 e. The molecule has 1 fully saturated rings. The Morgan fingerprint density at radius 3 is 2.53 bits per heavy atom. The van der Waals surface area contributed by atoms with Gasteiger partial charge in [0.2, 0.25) is 11.8 Å². The summed E-state index contributed by atoms with van der Waals surface area (Å²) in [6, 6.07) is 10.0. The SMILES string of the molecule is Cc1c(CNc2ncc([N+](=O)[O-])c(NCC3CCC(CO)CC3)n2)cccc1-c1ccc(CN)nc1. The summed E-state index contributed by atoms with van der Waals surface area (Å²) in [5.74, 6) is 1.32. The van der Waals surface area contributed by atoms with Crippen molar-refractivity contribution in [2.75, 3.05) is 23.8 Å². The molecule has 190 valence electrons. The van der Waals surface area contributed by atoms with Crippen LogP contribution in [0.5, 0.6) is 0 Å². The molecule has 0 aliphatic heterocycles. The van der Waals surface area contributed by atoms with Gasteiger partial charge in [-0.3, -0.25) is 15.1 Å². The topological polar surface area (TPSA) is 152 Å². The van der Waals surface area contributed by atoms with Gasteiger partial charge in [-0.25, -0.2) is 4.98 Å². The first-order valence-electron chi connectivity index (χ1n) is 12.3. The van der Waals surface area contributed by atoms with Crippen LogP contribution < -0.4 is 16.4 Å². The van der Waals surface area contributed by atoms with Crippen LogP contribution in [0.15, 0.2) is 42.7 Å². The second kappa shape index (κ2) is 11.9. The van der Waals surface area contributed by atoms with Crippen LogP contribution in [0.1, 0.15) is 42.5 Å². The van der Waals surface area contributed by atoms with E-state index in [4.69, 9.17) is 5.73 Å². The van der Waals surface area contributed by atoms with Crippen LogP contribution >= 0.6 is 0 Å². The van der Waals surface area contributed by atoms with E-state index in [9.17, 15) is 15.2 Å². The number of hydrogen-bond donors (Lipinski definition) is 4. The molecule has 0 radical (unpaired) electrons. The lowest BCUT2D eigenvalue weighted by Crippen LogP contribution is -2.23. The highest BCUT2D eigenvalue weighted by atomic mass is 16.6. The van der Waals surface area contributed by atoms with Gasteiger partial charge in [-0.05, 0) is 67.2 Å². The Bertz CT molecular complexity index is 1180. The first kappa shape index (κ1) is 25.5. The molecule has 5 N–H and O–H groups in total. The summed E-state index contributed by atoms with van der Waals surface area (Å²) >= 11 is 0. The first-order valence-corrected chi connectivity index (χ1v) is 12.3. The number of benzene rings is 1. The number of nitrogens with zero attached hydrogens (tertiary/aromatic N) is 4. The zero-order chi connectivity index (χ0) is 25.5. The van der Waals surface area contributed by atoms with Gasteiger partial charge in [0, 0.05) is 38.0 Å². The molecule has 1 saturated carbocycles. The lowest BCUT2D eigenvalue weighted by molar-refractivity contribution is -0.384. The maximum absolute atomic E-state index is 11.5. The Labute approximate surface area is 210 Å². The van der Waals surface area contributed by atoms with Crippen molar-refractivity contribution < 1.29 is 10.0 Å². The molecule has 2 heterocycles. The molecule has 1 aliphatic rings. The highest BCUT2D eigenvalue weighted by Crippen LogP contribution is 2.30. The Hall–Kier alpha value is -3.63. The lowest BCUT2D eigenvalue weighted by Gasteiger charge is -2.27. The average molecular weight is 492 g/mol. The van der Waals surface area contributed by atoms with Gasteiger partial charge in [0.05, 0.1) is 10.6 Å². The molecule has 10 heteroatoms. The molecule has 0 atom stereocenters. The monoisotopic (exact) mass is 491 g/mol. The van der Waals surface area contributed by atoms with E-state index in [1.165, 1.54) is 6.20 Å². The number of nitrogens with one attached hydrogen (secondary N) is 2. The summed E-state index contributed by atoms with van der Waals surface area (Å²) < 4.78 is 0. The van der Waals surface area contributed by atoms with Crippen LogP contribution in [0.3, 0.4) is 0 Å². The van der Waals surface area contributed by atoms with Gasteiger partial charge in [0.15, 0.2) is 0 Å². The zero-order valence-electron chi connectivity index (χ0n) is 20.5. The third kappa shape index (κ3) is 6.13. The van der Waals surface area contributed by atoms with Crippen molar-refractivity contribution in [3.63, 3.8) is 0 Å². The Morgan fingerprint density at radius 1 is 1.08 bits per heavy atom. The molecule has 36 heavy (non-hydrogen) atoms. The van der Waals surface area contributed by atoms with Gasteiger partial charge in [-0.2, -0.15) is 4.98 Å². The average Bonchev–Trinajstić information content (AvgIpc) is 2.91. The standard InChI is InChI=1S/C26H33N7O3/c1-17-20(3-2-4-23(17)21-9-10-22(11-27)28-14-21)13-30-26-31-15-24(33(35)36)25(32-26)29-12-18-5-7-19(16-34)8-6-18/h2-4,9-10,14-15,18-19,34H,5-8,11-13,16,27H2,1H3,(H2,29,30,31,32). The molecule has 1 aliphatic carbocycles. The smallest absolute Gasteiger partial charge is 0.329 e. The van der Waals surface area contributed by atoms with Gasteiger partial charge < -0.3 is 21.5 Å². The zero-order valence-corrected chi connectivity index (χ0v) is 20.5. The van der Waals surface area contributed by atoms with E-state index in [2.05, 4.69) is 38.6 Å². The minimum absolute atomic E-state index is 0.142. The van der Waals surface area contributed by atoms with E-state index in [1.807, 2.05) is 30.5 Å². The largest absolute Gasteiger partial charge is 0.396 e. The fourth-order valence-electron chi connectivity index (χ4n) is 4.65. The van der Waals surface area contributed by atoms with Crippen LogP contribution in [0.4, 0.5) is 17.5 Å². The number of hydrogen-bond acceptors (Lipinski definition) is 9. The third-order valence-corrected chi connectivity index (χ3v) is 6.98. The minimum atomic E-state index is -0.466. The van der Waals surface area contributed by atoms with Gasteiger partial charge in [0.25, 0.3) is 0 Å². The molecule has 0 saturated heterocycles. The first-order chi connectivity index (χ1) is 17.5. The van der Waals surface area contributed by atoms with E-state index < -0.39 is 4.92 Å². The quantitative estimate of drug-likeness (QED) is 0.243. The predicted octanol–water partition coefficient (Wildman–Crippen LogP) is 4.04. The van der Waals surface area contributed by atoms with Crippen molar-refractivity contribution in [3.05, 3.63) is 69.7 Å². The molecular weight excluding hydrogens is 458 g/mol. The van der Waals surface area contributed by atoms with Crippen molar-refractivity contribution >= 4 is 17.5 Å². The molecule has 1 aromatic carbocycles. The van der Waals surface area contributed by atoms with Gasteiger partial charge in [-0.1, -0.05) is 24.3 Å². The summed E-state index contributed by atoms with van der Waals surface area (Å²) in [5, 5.41) is 27.2. The van der Waals surface area contributed by atoms with Crippen LogP contribution in [-0.4, -0.2) is 38.1 Å². The van der Waals surface area contributed by atoms with E-state index in [0.717, 1.165) is 53.6 Å². The van der Waals surface area contributed by atoms with Gasteiger partial charge in [0.1, 0.15) is 6.20 Å². The maximum atomic E-state index is 11.5. The Morgan fingerprint density at radius 2 is 1.86 bits per heavy atom. The number of nitrogens with two attached hydrogens (primary N) is 1. The highest BCUT2D eigenvalue weighted by Gasteiger charge is 2.23. The molecule has 0 spiro atoms. The lowest BCUT2D eigenvalue weighted by atomic mass is 9.82. The molecule has 10 nitrogen and oxygen atoms in total. The summed E-state index contributed by atoms with van der Waals surface area (Å²) in [7, 11) is 0. The summed E-state index contributed by atoms with van der Waals surface area (Å²) in [5.41, 5.74) is 10.6. The number of anilines is 2. The molecule has 2 aromatic heterocycles. The molecule has 0 amide bonds. The van der Waals surface area contributed by atoms with Crippen molar-refractivity contribution in [2.45, 2.75) is 45.7 Å². The molecule has 3 aromatic rings. The van der Waals surface area contributed by atoms with Crippen molar-refractivity contribution in [1.82, 2.24) is 15.0 Å². The fraction of sp³-hybridized carbons (Fsp3) is 0.423. The molecule has 0 unspecified atom stereocenters. The van der Waals surface area contributed by atoms with E-state index >= 15 is 0 Å². The van der Waals surface area contributed by atoms with Crippen LogP contribution in [-0.2, 0) is 13.1 Å². The second-order valence-corrected chi connectivity index (χ2v) is 9.32. The van der Waals surface area contributed by atoms with E-state index in [0.29, 0.717) is 37.4 Å². The summed E-state index contributed by atoms with van der Waals surface area (Å²) in [6.07, 6.45) is 7.01. The molecule has 0 bridgehead atoms. The number of aliphatic hydroxyl groups excluding tert-OH is 1. The minimum Gasteiger partial charge on any atom is -0.396 e. The number of nitro groups is 1. The van der Waals surface area contributed by atoms with E-state index in [-0.39, 0.29) is 18.1 Å². The highest BCUT2D eigenvalue weighted by molar-refractivity contribution is 5.68. The number of aliphatic hydroxyl groups is 1. The van der Waals surface area contributed by atoms with Crippen molar-refractivity contribution in [3.8, 4) is 11.1 Å². The number of aromatic nitrogens is 3. The molecule has 4 rings (SSSR count). The van der Waals surface area contributed by atoms with Gasteiger partial charge in [-0.15, -0.1) is 0 Å². The summed E-state index contributed by atoms with van der Waals surface area (Å²) in [6.45, 7) is 3.76. The van der Waals surface area contributed by atoms with E-state index in [1.54, 1.807) is 0 Å². The molecular formula is C26H33N7O3. The normalized spacial score (nSPS) is 17.5. The third-order valence-electron chi connectivity index (χ3n) is 6.98. The number of rotatable bonds is 10. The van der Waals surface area contributed by atoms with Crippen LogP contribution in [0, 0.1) is 28.9 Å². The number of pyridine rings is 1. The Kier molecular flexibility index (Phi) is 8.40. The summed E-state index contributed by atoms with van der Waals surface area (Å²) in [4.78, 5) is 24.0.